The summed E-state index contributed by atoms with van der Waals surface area (Å²) in [5.74, 6) is -0.577. The van der Waals surface area contributed by atoms with Crippen molar-refractivity contribution in [2.45, 2.75) is 37.8 Å². The van der Waals surface area contributed by atoms with Crippen molar-refractivity contribution in [3.63, 3.8) is 0 Å². The molecule has 2 unspecified atom stereocenters. The second kappa shape index (κ2) is 6.72. The molecule has 2 rings (SSSR count). The maximum atomic E-state index is 12.3. The van der Waals surface area contributed by atoms with E-state index in [0.717, 1.165) is 19.3 Å². The van der Waals surface area contributed by atoms with E-state index < -0.39 is 5.91 Å². The minimum atomic E-state index is -0.484. The third-order valence-electron chi connectivity index (χ3n) is 4.14. The molecule has 0 heterocycles. The molecule has 1 saturated carbocycles. The van der Waals surface area contributed by atoms with Crippen LogP contribution in [0.25, 0.3) is 0 Å². The number of nitrogens with two attached hydrogens (primary N) is 1. The Labute approximate surface area is 125 Å². The summed E-state index contributed by atoms with van der Waals surface area (Å²) in [4.78, 5) is 25.5. The summed E-state index contributed by atoms with van der Waals surface area (Å²) in [6.07, 6.45) is 4.48. The Morgan fingerprint density at radius 1 is 1.10 bits per heavy atom. The monoisotopic (exact) mass is 289 g/mol. The summed E-state index contributed by atoms with van der Waals surface area (Å²) in [6.45, 7) is 0. The Bertz CT molecular complexity index is 511. The molecule has 0 radical (unpaired) electrons. The van der Waals surface area contributed by atoms with E-state index in [4.69, 9.17) is 5.73 Å². The molecule has 2 amide bonds. The average Bonchev–Trinajstić information content (AvgIpc) is 2.47. The van der Waals surface area contributed by atoms with E-state index >= 15 is 0 Å². The van der Waals surface area contributed by atoms with E-state index in [1.807, 2.05) is 0 Å². The van der Waals surface area contributed by atoms with Gasteiger partial charge in [0.2, 0.25) is 5.91 Å². The van der Waals surface area contributed by atoms with E-state index in [-0.39, 0.29) is 11.9 Å². The van der Waals surface area contributed by atoms with E-state index in [1.165, 1.54) is 6.42 Å². The lowest BCUT2D eigenvalue weighted by Gasteiger charge is -2.36. The molecule has 1 fully saturated rings. The standard InChI is InChI=1S/C16H23N3O2/c1-19(2)14-6-4-3-5-13(14)18-16(21)12-9-7-11(8-10-12)15(17)20/h7-10,13-14H,3-6H2,1-2H3,(H2,17,20)(H,18,21). The molecule has 1 aliphatic carbocycles. The predicted molar refractivity (Wildman–Crippen MR) is 82.2 cm³/mol. The molecule has 3 N–H and O–H groups in total. The van der Waals surface area contributed by atoms with E-state index in [2.05, 4.69) is 24.3 Å². The number of hydrogen-bond acceptors (Lipinski definition) is 3. The molecule has 5 heteroatoms. The van der Waals surface area contributed by atoms with Crippen LogP contribution in [-0.4, -0.2) is 42.9 Å². The first-order valence-electron chi connectivity index (χ1n) is 7.36. The molecule has 0 aliphatic heterocycles. The fraction of sp³-hybridized carbons (Fsp3) is 0.500. The maximum absolute atomic E-state index is 12.3. The number of nitrogens with one attached hydrogen (secondary N) is 1. The van der Waals surface area contributed by atoms with Crippen molar-refractivity contribution >= 4 is 11.8 Å². The molecule has 1 aliphatic rings. The highest BCUT2D eigenvalue weighted by molar-refractivity contribution is 5.97. The molecule has 0 saturated heterocycles. The third-order valence-corrected chi connectivity index (χ3v) is 4.14. The van der Waals surface area contributed by atoms with Crippen LogP contribution in [0.2, 0.25) is 0 Å². The van der Waals surface area contributed by atoms with Gasteiger partial charge in [0.05, 0.1) is 0 Å². The van der Waals surface area contributed by atoms with E-state index in [0.29, 0.717) is 17.2 Å². The fourth-order valence-electron chi connectivity index (χ4n) is 2.94. The van der Waals surface area contributed by atoms with Gasteiger partial charge in [-0.15, -0.1) is 0 Å². The predicted octanol–water partition coefficient (Wildman–Crippen LogP) is 1.39. The molecule has 0 spiro atoms. The fourth-order valence-corrected chi connectivity index (χ4v) is 2.94. The molecular formula is C16H23N3O2. The largest absolute Gasteiger partial charge is 0.366 e. The zero-order valence-corrected chi connectivity index (χ0v) is 12.6. The summed E-state index contributed by atoms with van der Waals surface area (Å²) in [6, 6.07) is 7.01. The van der Waals surface area contributed by atoms with Gasteiger partial charge >= 0.3 is 0 Å². The first-order chi connectivity index (χ1) is 9.99. The quantitative estimate of drug-likeness (QED) is 0.879. The Morgan fingerprint density at radius 3 is 2.24 bits per heavy atom. The number of carbonyl (C=O) groups is 2. The van der Waals surface area contributed by atoms with Gasteiger partial charge in [-0.25, -0.2) is 0 Å². The summed E-state index contributed by atoms with van der Waals surface area (Å²) in [5, 5.41) is 3.12. The topological polar surface area (TPSA) is 75.4 Å². The zero-order chi connectivity index (χ0) is 15.4. The van der Waals surface area contributed by atoms with E-state index in [9.17, 15) is 9.59 Å². The molecule has 1 aromatic carbocycles. The Kier molecular flexibility index (Phi) is 4.96. The van der Waals surface area contributed by atoms with Gasteiger partial charge in [-0.1, -0.05) is 12.8 Å². The van der Waals surface area contributed by atoms with Gasteiger partial charge in [0.25, 0.3) is 5.91 Å². The lowest BCUT2D eigenvalue weighted by atomic mass is 9.89. The number of amides is 2. The van der Waals surface area contributed by atoms with Gasteiger partial charge in [0, 0.05) is 23.2 Å². The van der Waals surface area contributed by atoms with Crippen molar-refractivity contribution in [3.05, 3.63) is 35.4 Å². The molecule has 1 aromatic rings. The molecule has 0 bridgehead atoms. The second-order valence-electron chi connectivity index (χ2n) is 5.84. The van der Waals surface area contributed by atoms with Crippen molar-refractivity contribution in [3.8, 4) is 0 Å². The second-order valence-corrected chi connectivity index (χ2v) is 5.84. The molecule has 0 aromatic heterocycles. The SMILES string of the molecule is CN(C)C1CCCCC1NC(=O)c1ccc(C(N)=O)cc1. The van der Waals surface area contributed by atoms with E-state index in [1.54, 1.807) is 24.3 Å². The first kappa shape index (κ1) is 15.5. The minimum Gasteiger partial charge on any atom is -0.366 e. The van der Waals surface area contributed by atoms with Crippen molar-refractivity contribution in [2.24, 2.45) is 5.73 Å². The molecule has 114 valence electrons. The third kappa shape index (κ3) is 3.82. The maximum Gasteiger partial charge on any atom is 0.251 e. The molecule has 5 nitrogen and oxygen atoms in total. The lowest BCUT2D eigenvalue weighted by Crippen LogP contribution is -2.51. The highest BCUT2D eigenvalue weighted by Crippen LogP contribution is 2.22. The zero-order valence-electron chi connectivity index (χ0n) is 12.6. The van der Waals surface area contributed by atoms with Gasteiger partial charge in [0.15, 0.2) is 0 Å². The van der Waals surface area contributed by atoms with Crippen LogP contribution in [0.5, 0.6) is 0 Å². The summed E-state index contributed by atoms with van der Waals surface area (Å²) in [5.41, 5.74) is 6.17. The van der Waals surface area contributed by atoms with Gasteiger partial charge in [-0.3, -0.25) is 9.59 Å². The molecular weight excluding hydrogens is 266 g/mol. The lowest BCUT2D eigenvalue weighted by molar-refractivity contribution is 0.0881. The van der Waals surface area contributed by atoms with Gasteiger partial charge in [0.1, 0.15) is 0 Å². The first-order valence-corrected chi connectivity index (χ1v) is 7.36. The molecule has 21 heavy (non-hydrogen) atoms. The number of rotatable bonds is 4. The van der Waals surface area contributed by atoms with Crippen molar-refractivity contribution in [1.29, 1.82) is 0 Å². The number of nitrogens with zero attached hydrogens (tertiary/aromatic N) is 1. The minimum absolute atomic E-state index is 0.0928. The normalized spacial score (nSPS) is 22.0. The Balaban J connectivity index is 2.04. The Morgan fingerprint density at radius 2 is 1.67 bits per heavy atom. The van der Waals surface area contributed by atoms with Crippen LogP contribution in [0.1, 0.15) is 46.4 Å². The van der Waals surface area contributed by atoms with Gasteiger partial charge in [-0.05, 0) is 51.2 Å². The van der Waals surface area contributed by atoms with Crippen LogP contribution in [0.15, 0.2) is 24.3 Å². The van der Waals surface area contributed by atoms with Crippen LogP contribution >= 0.6 is 0 Å². The number of primary amides is 1. The number of carbonyl (C=O) groups excluding carboxylic acids is 2. The number of benzene rings is 1. The van der Waals surface area contributed by atoms with Crippen molar-refractivity contribution in [1.82, 2.24) is 10.2 Å². The summed E-state index contributed by atoms with van der Waals surface area (Å²) < 4.78 is 0. The van der Waals surface area contributed by atoms with Gasteiger partial charge in [-0.2, -0.15) is 0 Å². The molecule has 2 atom stereocenters. The number of likely N-dealkylation sites (N-methyl/N-ethyl adjacent to an activating group) is 1. The Hall–Kier alpha value is -1.88. The van der Waals surface area contributed by atoms with Gasteiger partial charge < -0.3 is 16.0 Å². The summed E-state index contributed by atoms with van der Waals surface area (Å²) in [7, 11) is 4.10. The van der Waals surface area contributed by atoms with Crippen molar-refractivity contribution in [2.75, 3.05) is 14.1 Å². The highest BCUT2D eigenvalue weighted by Gasteiger charge is 2.28. The highest BCUT2D eigenvalue weighted by atomic mass is 16.2. The van der Waals surface area contributed by atoms with Crippen LogP contribution in [0.3, 0.4) is 0 Å². The average molecular weight is 289 g/mol. The van der Waals surface area contributed by atoms with Crippen LogP contribution in [0.4, 0.5) is 0 Å². The van der Waals surface area contributed by atoms with Crippen LogP contribution in [-0.2, 0) is 0 Å². The smallest absolute Gasteiger partial charge is 0.251 e. The van der Waals surface area contributed by atoms with Crippen LogP contribution < -0.4 is 11.1 Å². The number of hydrogen-bond donors (Lipinski definition) is 2. The summed E-state index contributed by atoms with van der Waals surface area (Å²) >= 11 is 0. The van der Waals surface area contributed by atoms with Crippen LogP contribution in [0, 0.1) is 0 Å². The van der Waals surface area contributed by atoms with Crippen molar-refractivity contribution < 1.29 is 9.59 Å².